The van der Waals surface area contributed by atoms with Gasteiger partial charge in [-0.25, -0.2) is 4.39 Å². The molecule has 3 rings (SSSR count). The monoisotopic (exact) mass is 284 g/mol. The van der Waals surface area contributed by atoms with E-state index < -0.39 is 11.6 Å². The summed E-state index contributed by atoms with van der Waals surface area (Å²) in [6.07, 6.45) is 0.728. The van der Waals surface area contributed by atoms with Crippen molar-refractivity contribution in [2.75, 3.05) is 12.3 Å². The summed E-state index contributed by atoms with van der Waals surface area (Å²) in [7, 11) is 0. The second-order valence-corrected chi connectivity index (χ2v) is 4.95. The Kier molecular flexibility index (Phi) is 3.17. The van der Waals surface area contributed by atoms with Crippen molar-refractivity contribution in [3.05, 3.63) is 64.5 Å². The van der Waals surface area contributed by atoms with Gasteiger partial charge in [-0.3, -0.25) is 9.59 Å². The molecule has 0 radical (unpaired) electrons. The molecule has 2 aromatic rings. The normalized spacial score (nSPS) is 13.5. The molecule has 0 aromatic heterocycles. The third kappa shape index (κ3) is 2.38. The molecule has 21 heavy (non-hydrogen) atoms. The average Bonchev–Trinajstić information content (AvgIpc) is 2.47. The lowest BCUT2D eigenvalue weighted by Crippen LogP contribution is -2.32. The van der Waals surface area contributed by atoms with Gasteiger partial charge in [0.1, 0.15) is 5.82 Å². The lowest BCUT2D eigenvalue weighted by molar-refractivity contribution is 0.0946. The molecule has 2 aromatic carbocycles. The van der Waals surface area contributed by atoms with Crippen molar-refractivity contribution >= 4 is 17.4 Å². The van der Waals surface area contributed by atoms with Gasteiger partial charge in [0.05, 0.1) is 5.56 Å². The second-order valence-electron chi connectivity index (χ2n) is 4.95. The predicted octanol–water partition coefficient (Wildman–Crippen LogP) is 1.92. The SMILES string of the molecule is Nc1ccc(C(=O)c2ccc3c(c2)C(=O)NCC3)c(F)c1. The highest BCUT2D eigenvalue weighted by Crippen LogP contribution is 2.20. The lowest BCUT2D eigenvalue weighted by Gasteiger charge is -2.17. The third-order valence-corrected chi connectivity index (χ3v) is 3.53. The van der Waals surface area contributed by atoms with Crippen LogP contribution in [0.25, 0.3) is 0 Å². The molecule has 0 fully saturated rings. The number of carbonyl (C=O) groups is 2. The zero-order chi connectivity index (χ0) is 15.0. The first kappa shape index (κ1) is 13.3. The highest BCUT2D eigenvalue weighted by atomic mass is 19.1. The van der Waals surface area contributed by atoms with Crippen LogP contribution in [0.15, 0.2) is 36.4 Å². The molecule has 0 saturated carbocycles. The number of nitrogens with two attached hydrogens (primary N) is 1. The first-order chi connectivity index (χ1) is 10.1. The van der Waals surface area contributed by atoms with Gasteiger partial charge >= 0.3 is 0 Å². The van der Waals surface area contributed by atoms with Crippen LogP contribution in [0.4, 0.5) is 10.1 Å². The molecule has 0 atom stereocenters. The highest BCUT2D eigenvalue weighted by Gasteiger charge is 2.20. The maximum atomic E-state index is 13.8. The van der Waals surface area contributed by atoms with Crippen LogP contribution in [0.3, 0.4) is 0 Å². The van der Waals surface area contributed by atoms with Crippen LogP contribution in [0.1, 0.15) is 31.8 Å². The number of nitrogen functional groups attached to an aromatic ring is 1. The zero-order valence-electron chi connectivity index (χ0n) is 11.2. The van der Waals surface area contributed by atoms with Gasteiger partial charge in [0.15, 0.2) is 5.78 Å². The molecule has 1 amide bonds. The molecule has 0 aliphatic carbocycles. The molecule has 0 bridgehead atoms. The van der Waals surface area contributed by atoms with Gasteiger partial charge < -0.3 is 11.1 Å². The Labute approximate surface area is 120 Å². The molecule has 5 heteroatoms. The number of amides is 1. The smallest absolute Gasteiger partial charge is 0.251 e. The van der Waals surface area contributed by atoms with E-state index in [1.807, 2.05) is 0 Å². The summed E-state index contributed by atoms with van der Waals surface area (Å²) >= 11 is 0. The van der Waals surface area contributed by atoms with E-state index >= 15 is 0 Å². The topological polar surface area (TPSA) is 72.2 Å². The molecule has 106 valence electrons. The van der Waals surface area contributed by atoms with E-state index in [2.05, 4.69) is 5.32 Å². The van der Waals surface area contributed by atoms with Gasteiger partial charge in [-0.1, -0.05) is 12.1 Å². The van der Waals surface area contributed by atoms with Crippen molar-refractivity contribution < 1.29 is 14.0 Å². The molecule has 0 unspecified atom stereocenters. The fraction of sp³-hybridized carbons (Fsp3) is 0.125. The molecule has 0 spiro atoms. The van der Waals surface area contributed by atoms with E-state index in [4.69, 9.17) is 5.73 Å². The fourth-order valence-electron chi connectivity index (χ4n) is 2.42. The summed E-state index contributed by atoms with van der Waals surface area (Å²) in [6, 6.07) is 8.82. The molecule has 3 N–H and O–H groups in total. The Morgan fingerprint density at radius 1 is 1.19 bits per heavy atom. The van der Waals surface area contributed by atoms with Crippen LogP contribution in [0.5, 0.6) is 0 Å². The average molecular weight is 284 g/mol. The summed E-state index contributed by atoms with van der Waals surface area (Å²) in [5.74, 6) is -1.33. The maximum absolute atomic E-state index is 13.8. The Balaban J connectivity index is 2.02. The Morgan fingerprint density at radius 3 is 2.76 bits per heavy atom. The van der Waals surface area contributed by atoms with E-state index in [-0.39, 0.29) is 22.7 Å². The molecule has 0 saturated heterocycles. The van der Waals surface area contributed by atoms with E-state index in [1.165, 1.54) is 18.2 Å². The number of hydrogen-bond acceptors (Lipinski definition) is 3. The van der Waals surface area contributed by atoms with E-state index in [0.717, 1.165) is 18.1 Å². The summed E-state index contributed by atoms with van der Waals surface area (Å²) in [5, 5.41) is 2.72. The van der Waals surface area contributed by atoms with Crippen LogP contribution in [-0.2, 0) is 6.42 Å². The van der Waals surface area contributed by atoms with Crippen LogP contribution >= 0.6 is 0 Å². The minimum absolute atomic E-state index is 0.0552. The first-order valence-corrected chi connectivity index (χ1v) is 6.57. The molecular formula is C16H13FN2O2. The van der Waals surface area contributed by atoms with Crippen molar-refractivity contribution in [2.24, 2.45) is 0 Å². The van der Waals surface area contributed by atoms with Crippen LogP contribution in [0, 0.1) is 5.82 Å². The number of nitrogens with one attached hydrogen (secondary N) is 1. The van der Waals surface area contributed by atoms with Crippen molar-refractivity contribution in [3.8, 4) is 0 Å². The van der Waals surface area contributed by atoms with Gasteiger partial charge in [0.2, 0.25) is 0 Å². The van der Waals surface area contributed by atoms with Gasteiger partial charge in [-0.2, -0.15) is 0 Å². The van der Waals surface area contributed by atoms with Crippen molar-refractivity contribution in [1.82, 2.24) is 5.32 Å². The number of anilines is 1. The zero-order valence-corrected chi connectivity index (χ0v) is 11.2. The quantitative estimate of drug-likeness (QED) is 0.653. The number of benzene rings is 2. The summed E-state index contributed by atoms with van der Waals surface area (Å²) in [6.45, 7) is 0.589. The van der Waals surface area contributed by atoms with Crippen molar-refractivity contribution in [2.45, 2.75) is 6.42 Å². The first-order valence-electron chi connectivity index (χ1n) is 6.57. The van der Waals surface area contributed by atoms with E-state index in [9.17, 15) is 14.0 Å². The molecular weight excluding hydrogens is 271 g/mol. The molecule has 4 nitrogen and oxygen atoms in total. The number of hydrogen-bond donors (Lipinski definition) is 2. The van der Waals surface area contributed by atoms with Gasteiger partial charge in [0, 0.05) is 23.4 Å². The predicted molar refractivity (Wildman–Crippen MR) is 76.7 cm³/mol. The van der Waals surface area contributed by atoms with Crippen molar-refractivity contribution in [3.63, 3.8) is 0 Å². The number of rotatable bonds is 2. The number of fused-ring (bicyclic) bond motifs is 1. The number of ketones is 1. The number of carbonyl (C=O) groups excluding carboxylic acids is 2. The van der Waals surface area contributed by atoms with Crippen LogP contribution < -0.4 is 11.1 Å². The van der Waals surface area contributed by atoms with E-state index in [1.54, 1.807) is 12.1 Å². The summed E-state index contributed by atoms with van der Waals surface area (Å²) in [4.78, 5) is 24.2. The van der Waals surface area contributed by atoms with Crippen LogP contribution in [0.2, 0.25) is 0 Å². The standard InChI is InChI=1S/C16H13FN2O2/c17-14-8-11(18)3-4-12(14)15(20)10-2-1-9-5-6-19-16(21)13(9)7-10/h1-4,7-8H,5-6,18H2,(H,19,21). The lowest BCUT2D eigenvalue weighted by atomic mass is 9.94. The summed E-state index contributed by atoms with van der Waals surface area (Å²) < 4.78 is 13.8. The minimum atomic E-state index is -0.665. The van der Waals surface area contributed by atoms with Gasteiger partial charge in [-0.05, 0) is 36.2 Å². The summed E-state index contributed by atoms with van der Waals surface area (Å²) in [5.41, 5.74) is 7.33. The van der Waals surface area contributed by atoms with Crippen molar-refractivity contribution in [1.29, 1.82) is 0 Å². The largest absolute Gasteiger partial charge is 0.399 e. The van der Waals surface area contributed by atoms with Gasteiger partial charge in [0.25, 0.3) is 5.91 Å². The molecule has 1 heterocycles. The fourth-order valence-corrected chi connectivity index (χ4v) is 2.42. The molecule has 1 aliphatic rings. The number of halogens is 1. The minimum Gasteiger partial charge on any atom is -0.399 e. The highest BCUT2D eigenvalue weighted by molar-refractivity contribution is 6.10. The Hall–Kier alpha value is -2.69. The second kappa shape index (κ2) is 5.01. The van der Waals surface area contributed by atoms with Crippen LogP contribution in [-0.4, -0.2) is 18.2 Å². The van der Waals surface area contributed by atoms with E-state index in [0.29, 0.717) is 12.1 Å². The Bertz CT molecular complexity index is 756. The van der Waals surface area contributed by atoms with Gasteiger partial charge in [-0.15, -0.1) is 0 Å². The maximum Gasteiger partial charge on any atom is 0.251 e. The third-order valence-electron chi connectivity index (χ3n) is 3.53. The molecule has 1 aliphatic heterocycles. The Morgan fingerprint density at radius 2 is 2.00 bits per heavy atom.